The van der Waals surface area contributed by atoms with Gasteiger partial charge in [-0.3, -0.25) is 4.79 Å². The van der Waals surface area contributed by atoms with Crippen LogP contribution in [0.2, 0.25) is 5.15 Å². The Hall–Kier alpha value is -0.480. The quantitative estimate of drug-likeness (QED) is 0.397. The molecule has 54 valence electrons. The van der Waals surface area contributed by atoms with Crippen molar-refractivity contribution >= 4 is 23.4 Å². The Morgan fingerprint density at radius 1 is 1.80 bits per heavy atom. The summed E-state index contributed by atoms with van der Waals surface area (Å²) in [4.78, 5) is 17.0. The summed E-state index contributed by atoms with van der Waals surface area (Å²) >= 11 is 6.83. The summed E-state index contributed by atoms with van der Waals surface area (Å²) in [6.07, 6.45) is 1.81. The van der Waals surface area contributed by atoms with Gasteiger partial charge < -0.3 is 4.98 Å². The Balaban J connectivity index is 3.19. The molecule has 0 atom stereocenters. The van der Waals surface area contributed by atoms with E-state index in [1.54, 1.807) is 0 Å². The first-order valence-corrected chi connectivity index (χ1v) is 4.13. The summed E-state index contributed by atoms with van der Waals surface area (Å²) in [6, 6.07) is 1.24. The van der Waals surface area contributed by atoms with E-state index in [2.05, 4.69) is 9.97 Å². The molecule has 0 unspecified atom stereocenters. The highest BCUT2D eigenvalue weighted by Gasteiger charge is 1.94. The predicted octanol–water partition coefficient (Wildman–Crippen LogP) is 1.15. The lowest BCUT2D eigenvalue weighted by Gasteiger charge is -1.92. The molecule has 0 amide bonds. The molecule has 0 aromatic carbocycles. The standard InChI is InChI=1S/C5H5ClN2OS/c1-10-5-7-3(6)2-4(9)8-5/h2H,1H3,(H,7,8,9). The number of hydrogen-bond donors (Lipinski definition) is 1. The van der Waals surface area contributed by atoms with Gasteiger partial charge in [0.1, 0.15) is 5.15 Å². The fourth-order valence-electron chi connectivity index (χ4n) is 0.504. The third-order valence-electron chi connectivity index (χ3n) is 0.882. The zero-order chi connectivity index (χ0) is 7.56. The minimum atomic E-state index is -0.218. The van der Waals surface area contributed by atoms with Crippen LogP contribution < -0.4 is 5.56 Å². The second-order valence-electron chi connectivity index (χ2n) is 1.58. The zero-order valence-electron chi connectivity index (χ0n) is 5.22. The highest BCUT2D eigenvalue weighted by Crippen LogP contribution is 2.07. The van der Waals surface area contributed by atoms with Gasteiger partial charge >= 0.3 is 0 Å². The van der Waals surface area contributed by atoms with Crippen molar-refractivity contribution in [3.63, 3.8) is 0 Å². The molecule has 0 saturated carbocycles. The lowest BCUT2D eigenvalue weighted by Crippen LogP contribution is -2.05. The van der Waals surface area contributed by atoms with Crippen LogP contribution in [0.3, 0.4) is 0 Å². The number of hydrogen-bond acceptors (Lipinski definition) is 3. The Morgan fingerprint density at radius 2 is 2.50 bits per heavy atom. The van der Waals surface area contributed by atoms with Gasteiger partial charge in [-0.1, -0.05) is 23.4 Å². The van der Waals surface area contributed by atoms with Gasteiger partial charge in [0, 0.05) is 6.07 Å². The van der Waals surface area contributed by atoms with E-state index in [1.807, 2.05) is 6.26 Å². The maximum Gasteiger partial charge on any atom is 0.253 e. The molecule has 0 fully saturated rings. The van der Waals surface area contributed by atoms with Gasteiger partial charge in [0.25, 0.3) is 5.56 Å². The smallest absolute Gasteiger partial charge is 0.253 e. The molecule has 1 aromatic heterocycles. The van der Waals surface area contributed by atoms with E-state index in [9.17, 15) is 4.79 Å². The number of aromatic nitrogens is 2. The number of rotatable bonds is 1. The molecule has 3 nitrogen and oxygen atoms in total. The SMILES string of the molecule is CSc1nc(Cl)cc(=O)[nH]1. The van der Waals surface area contributed by atoms with E-state index in [4.69, 9.17) is 11.6 Å². The van der Waals surface area contributed by atoms with Crippen LogP contribution in [0.25, 0.3) is 0 Å². The third-order valence-corrected chi connectivity index (χ3v) is 1.66. The van der Waals surface area contributed by atoms with Crippen LogP contribution in [0.5, 0.6) is 0 Å². The lowest BCUT2D eigenvalue weighted by atomic mass is 10.7. The maximum atomic E-state index is 10.7. The molecular weight excluding hydrogens is 172 g/mol. The summed E-state index contributed by atoms with van der Waals surface area (Å²) in [5, 5.41) is 0.769. The van der Waals surface area contributed by atoms with E-state index in [0.29, 0.717) is 5.16 Å². The average molecular weight is 177 g/mol. The molecular formula is C5H5ClN2OS. The molecule has 0 bridgehead atoms. The first-order chi connectivity index (χ1) is 4.72. The van der Waals surface area contributed by atoms with Gasteiger partial charge in [0.15, 0.2) is 5.16 Å². The second-order valence-corrected chi connectivity index (χ2v) is 2.76. The van der Waals surface area contributed by atoms with E-state index in [0.717, 1.165) is 0 Å². The van der Waals surface area contributed by atoms with Crippen LogP contribution in [-0.4, -0.2) is 16.2 Å². The Morgan fingerprint density at radius 3 is 3.00 bits per heavy atom. The number of thioether (sulfide) groups is 1. The van der Waals surface area contributed by atoms with Crippen molar-refractivity contribution in [1.82, 2.24) is 9.97 Å². The van der Waals surface area contributed by atoms with Crippen molar-refractivity contribution in [2.75, 3.05) is 6.26 Å². The summed E-state index contributed by atoms with van der Waals surface area (Å²) in [5.41, 5.74) is -0.218. The molecule has 0 aliphatic carbocycles. The Bertz CT molecular complexity index is 285. The number of halogens is 1. The van der Waals surface area contributed by atoms with Crippen molar-refractivity contribution < 1.29 is 0 Å². The summed E-state index contributed by atoms with van der Waals surface area (Å²) in [7, 11) is 0. The summed E-state index contributed by atoms with van der Waals surface area (Å²) in [5.74, 6) is 0. The first-order valence-electron chi connectivity index (χ1n) is 2.53. The molecule has 5 heteroatoms. The number of aromatic amines is 1. The van der Waals surface area contributed by atoms with E-state index in [-0.39, 0.29) is 10.7 Å². The van der Waals surface area contributed by atoms with Crippen LogP contribution in [0, 0.1) is 0 Å². The number of H-pyrrole nitrogens is 1. The largest absolute Gasteiger partial charge is 0.301 e. The van der Waals surface area contributed by atoms with Gasteiger partial charge in [-0.2, -0.15) is 0 Å². The fraction of sp³-hybridized carbons (Fsp3) is 0.200. The second kappa shape index (κ2) is 3.07. The van der Waals surface area contributed by atoms with Gasteiger partial charge in [0.05, 0.1) is 0 Å². The average Bonchev–Trinajstić information content (AvgIpc) is 1.85. The molecule has 0 radical (unpaired) electrons. The van der Waals surface area contributed by atoms with Gasteiger partial charge in [-0.05, 0) is 6.26 Å². The third kappa shape index (κ3) is 1.75. The van der Waals surface area contributed by atoms with Crippen molar-refractivity contribution in [3.05, 3.63) is 21.6 Å². The first kappa shape index (κ1) is 7.63. The van der Waals surface area contributed by atoms with Crippen LogP contribution in [-0.2, 0) is 0 Å². The molecule has 1 N–H and O–H groups in total. The molecule has 1 rings (SSSR count). The van der Waals surface area contributed by atoms with Crippen molar-refractivity contribution in [3.8, 4) is 0 Å². The highest BCUT2D eigenvalue weighted by atomic mass is 35.5. The zero-order valence-corrected chi connectivity index (χ0v) is 6.79. The van der Waals surface area contributed by atoms with Gasteiger partial charge in [-0.25, -0.2) is 4.98 Å². The monoisotopic (exact) mass is 176 g/mol. The summed E-state index contributed by atoms with van der Waals surface area (Å²) in [6.45, 7) is 0. The van der Waals surface area contributed by atoms with Crippen LogP contribution >= 0.6 is 23.4 Å². The minimum Gasteiger partial charge on any atom is -0.301 e. The predicted molar refractivity (Wildman–Crippen MR) is 41.6 cm³/mol. The molecule has 0 aliphatic heterocycles. The molecule has 10 heavy (non-hydrogen) atoms. The van der Waals surface area contributed by atoms with Crippen LogP contribution in [0.1, 0.15) is 0 Å². The molecule has 1 heterocycles. The molecule has 1 aromatic rings. The van der Waals surface area contributed by atoms with Crippen molar-refractivity contribution in [1.29, 1.82) is 0 Å². The van der Waals surface area contributed by atoms with Crippen LogP contribution in [0.15, 0.2) is 16.0 Å². The fourth-order valence-corrected chi connectivity index (χ4v) is 1.13. The minimum absolute atomic E-state index is 0.218. The molecule has 0 spiro atoms. The number of nitrogens with zero attached hydrogens (tertiary/aromatic N) is 1. The van der Waals surface area contributed by atoms with E-state index in [1.165, 1.54) is 17.8 Å². The Kier molecular flexibility index (Phi) is 2.34. The molecule has 0 aliphatic rings. The maximum absolute atomic E-state index is 10.7. The highest BCUT2D eigenvalue weighted by molar-refractivity contribution is 7.98. The van der Waals surface area contributed by atoms with Gasteiger partial charge in [0.2, 0.25) is 0 Å². The number of nitrogens with one attached hydrogen (secondary N) is 1. The van der Waals surface area contributed by atoms with Crippen molar-refractivity contribution in [2.24, 2.45) is 0 Å². The Labute approximate surface area is 66.8 Å². The van der Waals surface area contributed by atoms with E-state index >= 15 is 0 Å². The topological polar surface area (TPSA) is 45.8 Å². The normalized spacial score (nSPS) is 9.80. The van der Waals surface area contributed by atoms with E-state index < -0.39 is 0 Å². The van der Waals surface area contributed by atoms with Gasteiger partial charge in [-0.15, -0.1) is 0 Å². The van der Waals surface area contributed by atoms with Crippen molar-refractivity contribution in [2.45, 2.75) is 5.16 Å². The molecule has 0 saturated heterocycles. The summed E-state index contributed by atoms with van der Waals surface area (Å²) < 4.78 is 0. The lowest BCUT2D eigenvalue weighted by molar-refractivity contribution is 0.940. The van der Waals surface area contributed by atoms with Crippen LogP contribution in [0.4, 0.5) is 0 Å².